The second-order valence-electron chi connectivity index (χ2n) is 3.20. The first-order valence-corrected chi connectivity index (χ1v) is 4.32. The molecule has 74 valence electrons. The lowest BCUT2D eigenvalue weighted by Gasteiger charge is -1.97. The van der Waals surface area contributed by atoms with Gasteiger partial charge in [-0.3, -0.25) is 4.57 Å². The lowest BCUT2D eigenvalue weighted by Crippen LogP contribution is -2.08. The molecule has 0 radical (unpaired) electrons. The van der Waals surface area contributed by atoms with Crippen molar-refractivity contribution >= 4 is 16.7 Å². The molecule has 0 fully saturated rings. The molecule has 0 N–H and O–H groups in total. The van der Waals surface area contributed by atoms with Crippen molar-refractivity contribution in [1.29, 1.82) is 5.26 Å². The van der Waals surface area contributed by atoms with E-state index in [0.29, 0.717) is 22.2 Å². The van der Waals surface area contributed by atoms with Crippen molar-refractivity contribution in [3.8, 4) is 6.07 Å². The quantitative estimate of drug-likeness (QED) is 0.658. The summed E-state index contributed by atoms with van der Waals surface area (Å²) in [6.07, 6.45) is 0. The van der Waals surface area contributed by atoms with Crippen LogP contribution < -0.4 is 5.76 Å². The summed E-state index contributed by atoms with van der Waals surface area (Å²) in [5.41, 5.74) is 2.23. The summed E-state index contributed by atoms with van der Waals surface area (Å²) < 4.78 is 6.35. The number of hydrogen-bond donors (Lipinski definition) is 0. The molecule has 4 heteroatoms. The Kier molecular flexibility index (Phi) is 1.94. The van der Waals surface area contributed by atoms with Crippen LogP contribution in [-0.4, -0.2) is 4.57 Å². The Bertz CT molecular complexity index is 641. The largest absolute Gasteiger partial charge is 0.419 e. The average Bonchev–Trinajstić information content (AvgIpc) is 2.54. The van der Waals surface area contributed by atoms with E-state index < -0.39 is 5.76 Å². The molecule has 2 aromatic rings. The number of fused-ring (bicyclic) bond motifs is 1. The van der Waals surface area contributed by atoms with Crippen molar-refractivity contribution in [2.45, 2.75) is 0 Å². The maximum absolute atomic E-state index is 11.2. The smallest absolute Gasteiger partial charge is 0.408 e. The highest BCUT2D eigenvalue weighted by molar-refractivity contribution is 5.82. The van der Waals surface area contributed by atoms with Crippen molar-refractivity contribution in [3.05, 3.63) is 40.9 Å². The molecule has 1 aromatic carbocycles. The molecule has 0 spiro atoms. The Hall–Kier alpha value is -2.28. The predicted molar refractivity (Wildman–Crippen MR) is 56.1 cm³/mol. The number of oxazole rings is 1. The van der Waals surface area contributed by atoms with Gasteiger partial charge in [0.1, 0.15) is 0 Å². The van der Waals surface area contributed by atoms with Crippen molar-refractivity contribution in [2.75, 3.05) is 0 Å². The maximum Gasteiger partial charge on any atom is 0.419 e. The first-order chi connectivity index (χ1) is 7.13. The molecule has 1 aromatic heterocycles. The summed E-state index contributed by atoms with van der Waals surface area (Å²) in [6.45, 7) is 3.61. The Labute approximate surface area is 85.7 Å². The maximum atomic E-state index is 11.2. The van der Waals surface area contributed by atoms with Gasteiger partial charge in [-0.2, -0.15) is 5.26 Å². The summed E-state index contributed by atoms with van der Waals surface area (Å²) in [7, 11) is 1.62. The van der Waals surface area contributed by atoms with E-state index in [1.807, 2.05) is 6.07 Å². The minimum absolute atomic E-state index is 0.366. The summed E-state index contributed by atoms with van der Waals surface area (Å²) >= 11 is 0. The van der Waals surface area contributed by atoms with Gasteiger partial charge in [-0.05, 0) is 23.8 Å². The lowest BCUT2D eigenvalue weighted by molar-refractivity contribution is 0.528. The van der Waals surface area contributed by atoms with E-state index in [4.69, 9.17) is 9.68 Å². The normalized spacial score (nSPS) is 10.1. The zero-order valence-electron chi connectivity index (χ0n) is 8.15. The summed E-state index contributed by atoms with van der Waals surface area (Å²) in [6, 6.07) is 7.04. The van der Waals surface area contributed by atoms with Crippen LogP contribution in [0.15, 0.2) is 34.0 Å². The van der Waals surface area contributed by atoms with Crippen molar-refractivity contribution in [2.24, 2.45) is 7.05 Å². The van der Waals surface area contributed by atoms with E-state index in [-0.39, 0.29) is 0 Å². The highest BCUT2D eigenvalue weighted by Gasteiger charge is 2.07. The van der Waals surface area contributed by atoms with E-state index >= 15 is 0 Å². The molecule has 0 saturated heterocycles. The number of aromatic nitrogens is 1. The number of nitriles is 1. The monoisotopic (exact) mass is 200 g/mol. The van der Waals surface area contributed by atoms with Gasteiger partial charge in [0.15, 0.2) is 5.58 Å². The molecule has 4 nitrogen and oxygen atoms in total. The minimum Gasteiger partial charge on any atom is -0.408 e. The van der Waals surface area contributed by atoms with Crippen LogP contribution in [0, 0.1) is 11.3 Å². The highest BCUT2D eigenvalue weighted by atomic mass is 16.4. The Morgan fingerprint density at radius 1 is 1.60 bits per heavy atom. The fraction of sp³-hybridized carbons (Fsp3) is 0.0909. The van der Waals surface area contributed by atoms with Crippen LogP contribution in [0.2, 0.25) is 0 Å². The van der Waals surface area contributed by atoms with Crippen molar-refractivity contribution in [3.63, 3.8) is 0 Å². The van der Waals surface area contributed by atoms with Gasteiger partial charge in [-0.1, -0.05) is 6.58 Å². The molecule has 0 unspecified atom stereocenters. The Morgan fingerprint density at radius 3 is 3.00 bits per heavy atom. The first kappa shape index (κ1) is 9.28. The molecule has 0 aliphatic heterocycles. The van der Waals surface area contributed by atoms with Gasteiger partial charge in [0.05, 0.1) is 17.2 Å². The Balaban J connectivity index is 2.76. The van der Waals surface area contributed by atoms with Crippen LogP contribution in [0.4, 0.5) is 0 Å². The van der Waals surface area contributed by atoms with Gasteiger partial charge < -0.3 is 4.42 Å². The van der Waals surface area contributed by atoms with Crippen LogP contribution in [-0.2, 0) is 7.05 Å². The van der Waals surface area contributed by atoms with Crippen LogP contribution >= 0.6 is 0 Å². The van der Waals surface area contributed by atoms with Crippen LogP contribution in [0.3, 0.4) is 0 Å². The minimum atomic E-state index is -0.412. The first-order valence-electron chi connectivity index (χ1n) is 4.32. The molecule has 0 bridgehead atoms. The second-order valence-corrected chi connectivity index (χ2v) is 3.20. The van der Waals surface area contributed by atoms with Gasteiger partial charge >= 0.3 is 5.76 Å². The van der Waals surface area contributed by atoms with E-state index in [1.54, 1.807) is 25.2 Å². The van der Waals surface area contributed by atoms with Gasteiger partial charge in [-0.15, -0.1) is 0 Å². The molecular weight excluding hydrogens is 192 g/mol. The predicted octanol–water partition coefficient (Wildman–Crippen LogP) is 1.67. The number of hydrogen-bond acceptors (Lipinski definition) is 3. The molecule has 0 aliphatic carbocycles. The van der Waals surface area contributed by atoms with E-state index in [9.17, 15) is 4.79 Å². The number of rotatable bonds is 1. The van der Waals surface area contributed by atoms with Crippen molar-refractivity contribution in [1.82, 2.24) is 4.57 Å². The summed E-state index contributed by atoms with van der Waals surface area (Å²) in [4.78, 5) is 11.2. The number of nitrogens with zero attached hydrogens (tertiary/aromatic N) is 2. The van der Waals surface area contributed by atoms with E-state index in [2.05, 4.69) is 6.58 Å². The standard InChI is InChI=1S/C11H8N2O2/c1-7(6-12)8-3-4-10-9(5-8)13(2)11(14)15-10/h3-5H,1H2,2H3. The highest BCUT2D eigenvalue weighted by Crippen LogP contribution is 2.18. The number of aryl methyl sites for hydroxylation is 1. The number of benzene rings is 1. The van der Waals surface area contributed by atoms with E-state index in [1.165, 1.54) is 4.57 Å². The molecule has 0 atom stereocenters. The molecule has 0 saturated carbocycles. The zero-order valence-corrected chi connectivity index (χ0v) is 8.15. The molecule has 0 aliphatic rings. The Morgan fingerprint density at radius 2 is 2.33 bits per heavy atom. The fourth-order valence-electron chi connectivity index (χ4n) is 1.38. The third kappa shape index (κ3) is 1.34. The van der Waals surface area contributed by atoms with Crippen LogP contribution in [0.5, 0.6) is 0 Å². The van der Waals surface area contributed by atoms with Gasteiger partial charge in [0.2, 0.25) is 0 Å². The fourth-order valence-corrected chi connectivity index (χ4v) is 1.38. The van der Waals surface area contributed by atoms with Gasteiger partial charge in [-0.25, -0.2) is 4.79 Å². The molecule has 15 heavy (non-hydrogen) atoms. The summed E-state index contributed by atoms with van der Waals surface area (Å²) in [5, 5.41) is 8.69. The zero-order chi connectivity index (χ0) is 11.0. The van der Waals surface area contributed by atoms with Gasteiger partial charge in [0, 0.05) is 7.05 Å². The lowest BCUT2D eigenvalue weighted by atomic mass is 10.1. The summed E-state index contributed by atoms with van der Waals surface area (Å²) in [5.74, 6) is -0.412. The topological polar surface area (TPSA) is 58.9 Å². The van der Waals surface area contributed by atoms with Crippen molar-refractivity contribution < 1.29 is 4.42 Å². The SMILES string of the molecule is C=C(C#N)c1ccc2oc(=O)n(C)c2c1. The third-order valence-electron chi connectivity index (χ3n) is 2.27. The number of allylic oxidation sites excluding steroid dienone is 1. The average molecular weight is 200 g/mol. The molecule has 1 heterocycles. The van der Waals surface area contributed by atoms with Gasteiger partial charge in [0.25, 0.3) is 0 Å². The van der Waals surface area contributed by atoms with Crippen LogP contribution in [0.25, 0.3) is 16.7 Å². The molecule has 0 amide bonds. The third-order valence-corrected chi connectivity index (χ3v) is 2.27. The molecular formula is C11H8N2O2. The van der Waals surface area contributed by atoms with E-state index in [0.717, 1.165) is 0 Å². The molecule has 2 rings (SSSR count). The second kappa shape index (κ2) is 3.14. The van der Waals surface area contributed by atoms with Crippen LogP contribution in [0.1, 0.15) is 5.56 Å².